The third-order valence-electron chi connectivity index (χ3n) is 4.83. The first-order valence-corrected chi connectivity index (χ1v) is 9.58. The van der Waals surface area contributed by atoms with E-state index in [0.29, 0.717) is 28.1 Å². The van der Waals surface area contributed by atoms with Crippen molar-refractivity contribution in [3.8, 4) is 11.1 Å². The molecule has 4 rings (SSSR count). The lowest BCUT2D eigenvalue weighted by Crippen LogP contribution is -2.15. The van der Waals surface area contributed by atoms with Gasteiger partial charge in [-0.15, -0.1) is 0 Å². The van der Waals surface area contributed by atoms with Gasteiger partial charge in [-0.1, -0.05) is 72.8 Å². The summed E-state index contributed by atoms with van der Waals surface area (Å²) in [6, 6.07) is 31.1. The van der Waals surface area contributed by atoms with Crippen molar-refractivity contribution in [2.24, 2.45) is 0 Å². The number of benzene rings is 4. The molecule has 146 valence electrons. The maximum atomic E-state index is 12.9. The smallest absolute Gasteiger partial charge is 0.255 e. The highest BCUT2D eigenvalue weighted by Gasteiger charge is 2.16. The second-order valence-electron chi connectivity index (χ2n) is 6.90. The largest absolute Gasteiger partial charge is 0.399 e. The van der Waals surface area contributed by atoms with Crippen molar-refractivity contribution >= 4 is 23.1 Å². The summed E-state index contributed by atoms with van der Waals surface area (Å²) in [5.74, 6) is -0.487. The average Bonchev–Trinajstić information content (AvgIpc) is 2.81. The van der Waals surface area contributed by atoms with E-state index in [9.17, 15) is 9.59 Å². The molecule has 0 fully saturated rings. The molecule has 0 unspecified atom stereocenters. The number of nitrogens with two attached hydrogens (primary N) is 1. The van der Waals surface area contributed by atoms with E-state index in [1.807, 2.05) is 48.5 Å². The van der Waals surface area contributed by atoms with Gasteiger partial charge in [-0.05, 0) is 41.5 Å². The third kappa shape index (κ3) is 4.13. The van der Waals surface area contributed by atoms with Crippen LogP contribution in [0.2, 0.25) is 0 Å². The molecule has 0 saturated heterocycles. The number of nitrogens with one attached hydrogen (secondary N) is 1. The van der Waals surface area contributed by atoms with Gasteiger partial charge in [0.15, 0.2) is 5.78 Å². The van der Waals surface area contributed by atoms with Gasteiger partial charge in [0.1, 0.15) is 0 Å². The summed E-state index contributed by atoms with van der Waals surface area (Å²) in [4.78, 5) is 25.7. The Morgan fingerprint density at radius 2 is 1.23 bits per heavy atom. The van der Waals surface area contributed by atoms with Gasteiger partial charge < -0.3 is 11.1 Å². The Hall–Kier alpha value is -4.18. The molecular weight excluding hydrogens is 372 g/mol. The van der Waals surface area contributed by atoms with Crippen LogP contribution in [0.3, 0.4) is 0 Å². The topological polar surface area (TPSA) is 72.2 Å². The SMILES string of the molecule is Nc1ccc(NC(=O)c2ccc(-c3ccccc3)cc2)c(C(=O)c2ccccc2)c1. The number of nitrogen functional groups attached to an aromatic ring is 1. The number of carbonyl (C=O) groups excluding carboxylic acids is 2. The quantitative estimate of drug-likeness (QED) is 0.352. The van der Waals surface area contributed by atoms with Crippen LogP contribution < -0.4 is 11.1 Å². The zero-order chi connectivity index (χ0) is 20.9. The summed E-state index contributed by atoms with van der Waals surface area (Å²) in [6.07, 6.45) is 0. The van der Waals surface area contributed by atoms with Crippen LogP contribution in [-0.2, 0) is 0 Å². The van der Waals surface area contributed by atoms with Crippen LogP contribution in [0.1, 0.15) is 26.3 Å². The van der Waals surface area contributed by atoms with Crippen molar-refractivity contribution in [1.29, 1.82) is 0 Å². The predicted molar refractivity (Wildman–Crippen MR) is 121 cm³/mol. The van der Waals surface area contributed by atoms with Gasteiger partial charge >= 0.3 is 0 Å². The maximum Gasteiger partial charge on any atom is 0.255 e. The van der Waals surface area contributed by atoms with Gasteiger partial charge in [0.2, 0.25) is 0 Å². The molecule has 4 heteroatoms. The van der Waals surface area contributed by atoms with E-state index in [0.717, 1.165) is 11.1 Å². The molecule has 4 aromatic carbocycles. The summed E-state index contributed by atoms with van der Waals surface area (Å²) in [5.41, 5.74) is 10.3. The molecule has 4 nitrogen and oxygen atoms in total. The fraction of sp³-hybridized carbons (Fsp3) is 0. The van der Waals surface area contributed by atoms with Crippen molar-refractivity contribution in [2.75, 3.05) is 11.1 Å². The van der Waals surface area contributed by atoms with E-state index in [-0.39, 0.29) is 11.7 Å². The summed E-state index contributed by atoms with van der Waals surface area (Å²) in [5, 5.41) is 2.85. The van der Waals surface area contributed by atoms with E-state index in [1.54, 1.807) is 54.6 Å². The van der Waals surface area contributed by atoms with Crippen LogP contribution in [-0.4, -0.2) is 11.7 Å². The van der Waals surface area contributed by atoms with E-state index >= 15 is 0 Å². The minimum atomic E-state index is -0.290. The predicted octanol–water partition coefficient (Wildman–Crippen LogP) is 5.42. The highest BCUT2D eigenvalue weighted by molar-refractivity contribution is 6.15. The van der Waals surface area contributed by atoms with Crippen molar-refractivity contribution in [1.82, 2.24) is 0 Å². The molecule has 0 saturated carbocycles. The van der Waals surface area contributed by atoms with E-state index in [2.05, 4.69) is 5.32 Å². The van der Waals surface area contributed by atoms with Crippen molar-refractivity contribution in [2.45, 2.75) is 0 Å². The fourth-order valence-corrected chi connectivity index (χ4v) is 3.24. The highest BCUT2D eigenvalue weighted by atomic mass is 16.1. The molecule has 0 atom stereocenters. The molecule has 30 heavy (non-hydrogen) atoms. The third-order valence-corrected chi connectivity index (χ3v) is 4.83. The monoisotopic (exact) mass is 392 g/mol. The summed E-state index contributed by atoms with van der Waals surface area (Å²) in [6.45, 7) is 0. The molecule has 0 aromatic heterocycles. The molecule has 0 aliphatic rings. The first kappa shape index (κ1) is 19.2. The first-order valence-electron chi connectivity index (χ1n) is 9.58. The second-order valence-corrected chi connectivity index (χ2v) is 6.90. The van der Waals surface area contributed by atoms with Crippen molar-refractivity contribution in [3.63, 3.8) is 0 Å². The zero-order valence-corrected chi connectivity index (χ0v) is 16.2. The van der Waals surface area contributed by atoms with Gasteiger partial charge in [-0.3, -0.25) is 9.59 Å². The molecule has 0 radical (unpaired) electrons. The lowest BCUT2D eigenvalue weighted by Gasteiger charge is -2.12. The summed E-state index contributed by atoms with van der Waals surface area (Å²) < 4.78 is 0. The molecule has 0 bridgehead atoms. The Morgan fingerprint density at radius 3 is 1.90 bits per heavy atom. The summed E-state index contributed by atoms with van der Waals surface area (Å²) in [7, 11) is 0. The van der Waals surface area contributed by atoms with Gasteiger partial charge in [0.25, 0.3) is 5.91 Å². The zero-order valence-electron chi connectivity index (χ0n) is 16.2. The minimum absolute atomic E-state index is 0.197. The Kier molecular flexibility index (Phi) is 5.39. The van der Waals surface area contributed by atoms with Gasteiger partial charge in [-0.25, -0.2) is 0 Å². The molecule has 0 aliphatic heterocycles. The van der Waals surface area contributed by atoms with Crippen LogP contribution >= 0.6 is 0 Å². The van der Waals surface area contributed by atoms with Gasteiger partial charge in [0.05, 0.1) is 5.69 Å². The van der Waals surface area contributed by atoms with E-state index in [4.69, 9.17) is 5.73 Å². The molecular formula is C26H20N2O2. The molecule has 0 aliphatic carbocycles. The van der Waals surface area contributed by atoms with Crippen LogP contribution in [0.4, 0.5) is 11.4 Å². The number of carbonyl (C=O) groups is 2. The standard InChI is InChI=1S/C26H20N2O2/c27-22-15-16-24(23(17-22)25(29)20-9-5-2-6-10-20)28-26(30)21-13-11-19(12-14-21)18-7-3-1-4-8-18/h1-17H,27H2,(H,28,30). The van der Waals surface area contributed by atoms with Crippen LogP contribution in [0, 0.1) is 0 Å². The number of hydrogen-bond donors (Lipinski definition) is 2. The van der Waals surface area contributed by atoms with Crippen molar-refractivity contribution in [3.05, 3.63) is 120 Å². The number of anilines is 2. The molecule has 1 amide bonds. The fourth-order valence-electron chi connectivity index (χ4n) is 3.24. The maximum absolute atomic E-state index is 12.9. The van der Waals surface area contributed by atoms with Crippen LogP contribution in [0.5, 0.6) is 0 Å². The highest BCUT2D eigenvalue weighted by Crippen LogP contribution is 2.24. The molecule has 4 aromatic rings. The first-order chi connectivity index (χ1) is 14.6. The van der Waals surface area contributed by atoms with Crippen molar-refractivity contribution < 1.29 is 9.59 Å². The Labute approximate surface area is 175 Å². The Morgan fingerprint density at radius 1 is 0.633 bits per heavy atom. The number of amides is 1. The second kappa shape index (κ2) is 8.45. The van der Waals surface area contributed by atoms with Gasteiger partial charge in [-0.2, -0.15) is 0 Å². The average molecular weight is 392 g/mol. The van der Waals surface area contributed by atoms with E-state index in [1.165, 1.54) is 0 Å². The number of ketones is 1. The van der Waals surface area contributed by atoms with E-state index < -0.39 is 0 Å². The Balaban J connectivity index is 1.58. The number of rotatable bonds is 5. The van der Waals surface area contributed by atoms with Crippen LogP contribution in [0.15, 0.2) is 103 Å². The minimum Gasteiger partial charge on any atom is -0.399 e. The molecule has 0 heterocycles. The lowest BCUT2D eigenvalue weighted by atomic mass is 10.0. The normalized spacial score (nSPS) is 10.4. The number of hydrogen-bond acceptors (Lipinski definition) is 3. The van der Waals surface area contributed by atoms with Gasteiger partial charge in [0, 0.05) is 22.4 Å². The Bertz CT molecular complexity index is 1180. The lowest BCUT2D eigenvalue weighted by molar-refractivity contribution is 0.102. The molecule has 0 spiro atoms. The molecule has 3 N–H and O–H groups in total. The van der Waals surface area contributed by atoms with Crippen LogP contribution in [0.25, 0.3) is 11.1 Å². The summed E-state index contributed by atoms with van der Waals surface area (Å²) >= 11 is 0.